The minimum atomic E-state index is -2.40. The number of esters is 5. The van der Waals surface area contributed by atoms with E-state index in [1.54, 1.807) is 33.8 Å². The minimum Gasteiger partial charge on any atom is -0.472 e. The molecule has 2 spiro atoms. The van der Waals surface area contributed by atoms with Gasteiger partial charge in [-0.2, -0.15) is 0 Å². The zero-order chi connectivity index (χ0) is 40.9. The van der Waals surface area contributed by atoms with Crippen LogP contribution in [0.4, 0.5) is 0 Å². The molecule has 308 valence electrons. The van der Waals surface area contributed by atoms with Crippen molar-refractivity contribution in [1.82, 2.24) is 0 Å². The maximum Gasteiger partial charge on any atom is 0.341 e. The molecule has 16 heteroatoms. The lowest BCUT2D eigenvalue weighted by molar-refractivity contribution is -0.477. The molecule has 4 heterocycles. The van der Waals surface area contributed by atoms with Crippen LogP contribution >= 0.6 is 0 Å². The van der Waals surface area contributed by atoms with Gasteiger partial charge in [-0.25, -0.2) is 4.79 Å². The van der Waals surface area contributed by atoms with Crippen molar-refractivity contribution < 1.29 is 76.1 Å². The van der Waals surface area contributed by atoms with Gasteiger partial charge in [0.15, 0.2) is 17.3 Å². The first kappa shape index (κ1) is 39.3. The van der Waals surface area contributed by atoms with Crippen LogP contribution in [0.2, 0.25) is 0 Å². The second-order valence-corrected chi connectivity index (χ2v) is 17.9. The fraction of sp³-hybridized carbons (Fsp3) is 0.775. The third-order valence-corrected chi connectivity index (χ3v) is 15.5. The second-order valence-electron chi connectivity index (χ2n) is 17.9. The van der Waals surface area contributed by atoms with Crippen LogP contribution in [0.15, 0.2) is 23.0 Å². The van der Waals surface area contributed by atoms with E-state index >= 15 is 0 Å². The zero-order valence-corrected chi connectivity index (χ0v) is 33.5. The van der Waals surface area contributed by atoms with E-state index in [4.69, 9.17) is 47.0 Å². The van der Waals surface area contributed by atoms with Crippen LogP contribution in [0, 0.1) is 28.1 Å². The van der Waals surface area contributed by atoms with Gasteiger partial charge < -0.3 is 52.2 Å². The van der Waals surface area contributed by atoms with E-state index < -0.39 is 123 Å². The SMILES string of the molecule is CCC(=O)O[C@@H]1[C@@]2(O)[C@@H](OC(=O)[C@@]3(C)O[C@@H]3C)[C@]3(C)C[C@]24O[C@]2(C)O[C@]15[C@H](CC(=O)OC)[C@](C)([C@@H](OC(C)=O)c1ccoc1)CC[C@]5(O2)[C@]4(C)[C@H]3CC(=O)OC. The van der Waals surface area contributed by atoms with Gasteiger partial charge in [0.1, 0.15) is 29.0 Å². The molecule has 3 saturated heterocycles. The van der Waals surface area contributed by atoms with Crippen LogP contribution in [-0.4, -0.2) is 101 Å². The number of methoxy groups -OCH3 is 2. The Labute approximate surface area is 324 Å². The summed E-state index contributed by atoms with van der Waals surface area (Å²) in [5.41, 5.74) is -12.5. The molecule has 0 aromatic carbocycles. The van der Waals surface area contributed by atoms with Crippen molar-refractivity contribution in [1.29, 1.82) is 0 Å². The summed E-state index contributed by atoms with van der Waals surface area (Å²) < 4.78 is 62.3. The molecule has 7 aliphatic rings. The minimum absolute atomic E-state index is 0.0318. The molecule has 16 nitrogen and oxygen atoms in total. The Kier molecular flexibility index (Phi) is 8.25. The van der Waals surface area contributed by atoms with E-state index in [9.17, 15) is 29.1 Å². The number of rotatable bonds is 11. The van der Waals surface area contributed by atoms with Crippen LogP contribution in [0.5, 0.6) is 0 Å². The summed E-state index contributed by atoms with van der Waals surface area (Å²) in [6, 6.07) is 1.65. The Balaban J connectivity index is 1.46. The number of carbonyl (C=O) groups excluding carboxylic acids is 5. The molecule has 8 rings (SSSR count). The molecule has 15 atom stereocenters. The average molecular weight is 789 g/mol. The molecule has 4 aliphatic carbocycles. The number of ether oxygens (including phenoxy) is 9. The number of aliphatic hydroxyl groups is 1. The van der Waals surface area contributed by atoms with Crippen molar-refractivity contribution in [2.45, 2.75) is 152 Å². The van der Waals surface area contributed by atoms with Gasteiger partial charge in [-0.1, -0.05) is 27.7 Å². The highest BCUT2D eigenvalue weighted by Crippen LogP contribution is 2.89. The van der Waals surface area contributed by atoms with Crippen LogP contribution in [0.3, 0.4) is 0 Å². The summed E-state index contributed by atoms with van der Waals surface area (Å²) >= 11 is 0. The monoisotopic (exact) mass is 788 g/mol. The van der Waals surface area contributed by atoms with Crippen molar-refractivity contribution in [3.05, 3.63) is 24.2 Å². The number of furan rings is 1. The molecule has 56 heavy (non-hydrogen) atoms. The molecule has 0 unspecified atom stereocenters. The molecular formula is C40H52O16. The van der Waals surface area contributed by atoms with Gasteiger partial charge in [-0.3, -0.25) is 19.2 Å². The largest absolute Gasteiger partial charge is 0.472 e. The lowest BCUT2D eigenvalue weighted by Crippen LogP contribution is -2.93. The highest BCUT2D eigenvalue weighted by Gasteiger charge is 3.04. The maximum absolute atomic E-state index is 14.2. The van der Waals surface area contributed by atoms with Gasteiger partial charge in [0.05, 0.1) is 39.3 Å². The molecule has 0 radical (unpaired) electrons. The van der Waals surface area contributed by atoms with Crippen LogP contribution < -0.4 is 0 Å². The first-order valence-electron chi connectivity index (χ1n) is 19.3. The Morgan fingerprint density at radius 3 is 2.05 bits per heavy atom. The summed E-state index contributed by atoms with van der Waals surface area (Å²) in [5.74, 6) is -7.22. The highest BCUT2D eigenvalue weighted by molar-refractivity contribution is 5.83. The Bertz CT molecular complexity index is 1880. The maximum atomic E-state index is 14.2. The Morgan fingerprint density at radius 2 is 1.50 bits per heavy atom. The van der Waals surface area contributed by atoms with E-state index in [2.05, 4.69) is 0 Å². The van der Waals surface area contributed by atoms with Crippen molar-refractivity contribution in [2.75, 3.05) is 14.2 Å². The topological polar surface area (TPSA) is 205 Å². The van der Waals surface area contributed by atoms with Gasteiger partial charge in [0, 0.05) is 54.4 Å². The summed E-state index contributed by atoms with van der Waals surface area (Å²) in [5, 5.41) is 14.1. The normalized spacial score (nSPS) is 49.1. The predicted molar refractivity (Wildman–Crippen MR) is 185 cm³/mol. The smallest absolute Gasteiger partial charge is 0.341 e. The van der Waals surface area contributed by atoms with Crippen molar-refractivity contribution in [2.24, 2.45) is 28.1 Å². The molecule has 4 saturated carbocycles. The predicted octanol–water partition coefficient (Wildman–Crippen LogP) is 3.60. The molecular weight excluding hydrogens is 736 g/mol. The van der Waals surface area contributed by atoms with E-state index in [-0.39, 0.29) is 32.1 Å². The summed E-state index contributed by atoms with van der Waals surface area (Å²) in [4.78, 5) is 68.4. The first-order chi connectivity index (χ1) is 26.1. The molecule has 1 aromatic rings. The fourth-order valence-electron chi connectivity index (χ4n) is 13.1. The number of epoxide rings is 1. The molecule has 4 bridgehead atoms. The third-order valence-electron chi connectivity index (χ3n) is 15.5. The zero-order valence-electron chi connectivity index (χ0n) is 33.5. The quantitative estimate of drug-likeness (QED) is 0.193. The summed E-state index contributed by atoms with van der Waals surface area (Å²) in [7, 11) is 2.51. The number of carbonyl (C=O) groups is 5. The Morgan fingerprint density at radius 1 is 0.875 bits per heavy atom. The van der Waals surface area contributed by atoms with Crippen molar-refractivity contribution in [3.8, 4) is 0 Å². The summed E-state index contributed by atoms with van der Waals surface area (Å²) in [6.07, 6.45) is -2.26. The van der Waals surface area contributed by atoms with Crippen LogP contribution in [0.1, 0.15) is 106 Å². The lowest BCUT2D eigenvalue weighted by atomic mass is 9.33. The van der Waals surface area contributed by atoms with Gasteiger partial charge in [-0.15, -0.1) is 0 Å². The molecule has 3 aliphatic heterocycles. The Hall–Kier alpha value is -3.57. The third kappa shape index (κ3) is 4.29. The van der Waals surface area contributed by atoms with E-state index in [1.807, 2.05) is 20.8 Å². The van der Waals surface area contributed by atoms with Gasteiger partial charge in [0.2, 0.25) is 0 Å². The number of hydrogen-bond acceptors (Lipinski definition) is 16. The van der Waals surface area contributed by atoms with Crippen molar-refractivity contribution >= 4 is 29.8 Å². The van der Waals surface area contributed by atoms with Gasteiger partial charge >= 0.3 is 29.8 Å². The molecule has 1 N–H and O–H groups in total. The van der Waals surface area contributed by atoms with E-state index in [1.165, 1.54) is 33.7 Å². The lowest BCUT2D eigenvalue weighted by Gasteiger charge is -2.76. The first-order valence-corrected chi connectivity index (χ1v) is 19.3. The van der Waals surface area contributed by atoms with Crippen LogP contribution in [-0.2, 0) is 66.6 Å². The summed E-state index contributed by atoms with van der Waals surface area (Å²) in [6.45, 7) is 13.3. The fourth-order valence-corrected chi connectivity index (χ4v) is 13.1. The molecule has 7 fully saturated rings. The van der Waals surface area contributed by atoms with Gasteiger partial charge in [0.25, 0.3) is 5.97 Å². The van der Waals surface area contributed by atoms with E-state index in [0.29, 0.717) is 5.56 Å². The highest BCUT2D eigenvalue weighted by atomic mass is 16.9. The number of fused-ring (bicyclic) bond motifs is 2. The average Bonchev–Trinajstić information content (AvgIpc) is 3.47. The molecule has 0 amide bonds. The standard InChI is InChI=1S/C40H52O16/c1-11-25(42)51-30-39(46)29(52-31(45)34(6)20(2)53-34)33(5)19-38(39)35(7,23(33)16-26(43)47-9)37-14-13-32(4,28(50-21(3)41)22-12-15-49-18-22)24(17-27(44)48-10)40(30,37)56-36(8,54-37)55-38/h12,15,18,20,23-24,28-30,46H,11,13-14,16-17,19H2,1-10H3/t20-,23+,24-,28+,29+,30-,32-,33-,34+,35+,36-,37+,38-,39+,40-/m1/s1. The van der Waals surface area contributed by atoms with Crippen LogP contribution in [0.25, 0.3) is 0 Å². The van der Waals surface area contributed by atoms with Gasteiger partial charge in [-0.05, 0) is 45.1 Å². The second kappa shape index (κ2) is 11.8. The van der Waals surface area contributed by atoms with Crippen molar-refractivity contribution in [3.63, 3.8) is 0 Å². The molecule has 1 aromatic heterocycles. The number of hydrogen-bond donors (Lipinski definition) is 1. The van der Waals surface area contributed by atoms with E-state index in [0.717, 1.165) is 0 Å².